The number of carbonyl (C=O) groups excluding carboxylic acids is 2. The molecule has 0 spiro atoms. The van der Waals surface area contributed by atoms with Crippen molar-refractivity contribution < 1.29 is 19.1 Å². The lowest BCUT2D eigenvalue weighted by molar-refractivity contribution is -0.121. The molecular formula is C23H24N4O4. The van der Waals surface area contributed by atoms with Crippen LogP contribution in [0.3, 0.4) is 0 Å². The Morgan fingerprint density at radius 1 is 1.06 bits per heavy atom. The third-order valence-electron chi connectivity index (χ3n) is 5.10. The predicted molar refractivity (Wildman–Crippen MR) is 114 cm³/mol. The van der Waals surface area contributed by atoms with Crippen LogP contribution in [0.25, 0.3) is 5.69 Å². The zero-order chi connectivity index (χ0) is 21.6. The van der Waals surface area contributed by atoms with Crippen molar-refractivity contribution in [3.8, 4) is 17.2 Å². The van der Waals surface area contributed by atoms with Crippen LogP contribution in [-0.4, -0.2) is 39.7 Å². The van der Waals surface area contributed by atoms with Gasteiger partial charge in [0.2, 0.25) is 5.91 Å². The molecule has 0 bridgehead atoms. The predicted octanol–water partition coefficient (Wildman–Crippen LogP) is 3.27. The molecule has 0 saturated heterocycles. The van der Waals surface area contributed by atoms with Crippen molar-refractivity contribution in [3.63, 3.8) is 0 Å². The zero-order valence-corrected chi connectivity index (χ0v) is 17.3. The Labute approximate surface area is 180 Å². The molecule has 1 aliphatic rings. The second-order valence-corrected chi connectivity index (χ2v) is 7.36. The first-order valence-electron chi connectivity index (χ1n) is 10.3. The summed E-state index contributed by atoms with van der Waals surface area (Å²) in [5, 5.41) is 7.04. The Morgan fingerprint density at radius 3 is 2.58 bits per heavy atom. The number of hydrogen-bond acceptors (Lipinski definition) is 6. The van der Waals surface area contributed by atoms with Crippen LogP contribution >= 0.6 is 0 Å². The van der Waals surface area contributed by atoms with E-state index in [-0.39, 0.29) is 30.6 Å². The number of Topliss-reactive ketones (excluding diaryl/α,β-unsaturated/α-hetero) is 1. The first-order valence-corrected chi connectivity index (χ1v) is 10.3. The minimum atomic E-state index is -0.176. The molecule has 0 saturated carbocycles. The smallest absolute Gasteiger partial charge is 0.220 e. The Kier molecular flexibility index (Phi) is 6.26. The summed E-state index contributed by atoms with van der Waals surface area (Å²) >= 11 is 0. The maximum Gasteiger partial charge on any atom is 0.220 e. The van der Waals surface area contributed by atoms with E-state index in [0.29, 0.717) is 30.3 Å². The number of nitrogens with one attached hydrogen (secondary N) is 1. The van der Waals surface area contributed by atoms with E-state index >= 15 is 0 Å². The Balaban J connectivity index is 1.29. The van der Waals surface area contributed by atoms with Gasteiger partial charge in [0.15, 0.2) is 17.3 Å². The number of ketones is 1. The molecule has 1 aromatic heterocycles. The molecule has 160 valence electrons. The molecular weight excluding hydrogens is 396 g/mol. The van der Waals surface area contributed by atoms with Crippen molar-refractivity contribution in [1.82, 2.24) is 20.1 Å². The molecule has 1 amide bonds. The summed E-state index contributed by atoms with van der Waals surface area (Å²) in [5.41, 5.74) is 2.38. The van der Waals surface area contributed by atoms with E-state index in [1.165, 1.54) is 6.33 Å². The highest BCUT2D eigenvalue weighted by molar-refractivity contribution is 5.98. The third-order valence-corrected chi connectivity index (χ3v) is 5.10. The van der Waals surface area contributed by atoms with Gasteiger partial charge in [0.25, 0.3) is 0 Å². The molecule has 1 aliphatic heterocycles. The summed E-state index contributed by atoms with van der Waals surface area (Å²) in [6.07, 6.45) is 4.16. The minimum Gasteiger partial charge on any atom is -0.490 e. The quantitative estimate of drug-likeness (QED) is 0.590. The largest absolute Gasteiger partial charge is 0.490 e. The van der Waals surface area contributed by atoms with Crippen LogP contribution in [0.5, 0.6) is 11.5 Å². The first kappa shape index (κ1) is 20.6. The fraction of sp³-hybridized carbons (Fsp3) is 0.304. The van der Waals surface area contributed by atoms with Gasteiger partial charge in [0.05, 0.1) is 24.9 Å². The molecule has 1 N–H and O–H groups in total. The zero-order valence-electron chi connectivity index (χ0n) is 17.3. The van der Waals surface area contributed by atoms with Gasteiger partial charge in [-0.3, -0.25) is 9.59 Å². The molecule has 2 heterocycles. The number of fused-ring (bicyclic) bond motifs is 1. The monoisotopic (exact) mass is 420 g/mol. The molecule has 8 nitrogen and oxygen atoms in total. The van der Waals surface area contributed by atoms with Gasteiger partial charge >= 0.3 is 0 Å². The number of hydrogen-bond donors (Lipinski definition) is 1. The Morgan fingerprint density at radius 2 is 1.84 bits per heavy atom. The summed E-state index contributed by atoms with van der Waals surface area (Å²) in [4.78, 5) is 28.8. The van der Waals surface area contributed by atoms with E-state index in [4.69, 9.17) is 9.47 Å². The van der Waals surface area contributed by atoms with Gasteiger partial charge in [-0.15, -0.1) is 0 Å². The van der Waals surface area contributed by atoms with E-state index < -0.39 is 0 Å². The number of aromatic nitrogens is 3. The number of ether oxygens (including phenoxy) is 2. The van der Waals surface area contributed by atoms with Gasteiger partial charge in [-0.25, -0.2) is 9.67 Å². The van der Waals surface area contributed by atoms with Gasteiger partial charge in [0.1, 0.15) is 12.7 Å². The summed E-state index contributed by atoms with van der Waals surface area (Å²) in [5.74, 6) is 0.956. The van der Waals surface area contributed by atoms with Crippen molar-refractivity contribution >= 4 is 11.7 Å². The van der Waals surface area contributed by atoms with E-state index in [0.717, 1.165) is 17.7 Å². The van der Waals surface area contributed by atoms with Crippen LogP contribution in [0.2, 0.25) is 0 Å². The Bertz CT molecular complexity index is 1050. The number of rotatable bonds is 7. The molecule has 4 rings (SSSR count). The Hall–Kier alpha value is -3.68. The van der Waals surface area contributed by atoms with Crippen LogP contribution in [0.1, 0.15) is 48.1 Å². The minimum absolute atomic E-state index is 0.101. The van der Waals surface area contributed by atoms with Gasteiger partial charge in [-0.1, -0.05) is 12.1 Å². The van der Waals surface area contributed by atoms with E-state index in [1.54, 1.807) is 29.2 Å². The normalized spacial score (nSPS) is 13.8. The van der Waals surface area contributed by atoms with E-state index in [1.807, 2.05) is 31.2 Å². The molecule has 0 aliphatic carbocycles. The molecule has 2 aromatic carbocycles. The lowest BCUT2D eigenvalue weighted by atomic mass is 10.0. The van der Waals surface area contributed by atoms with Gasteiger partial charge in [-0.05, 0) is 42.8 Å². The average Bonchev–Trinajstić information content (AvgIpc) is 3.23. The average molecular weight is 420 g/mol. The number of nitrogens with zero attached hydrogens (tertiary/aromatic N) is 3. The lowest BCUT2D eigenvalue weighted by Gasteiger charge is -2.15. The third kappa shape index (κ3) is 5.09. The van der Waals surface area contributed by atoms with Gasteiger partial charge in [-0.2, -0.15) is 5.10 Å². The van der Waals surface area contributed by atoms with E-state index in [2.05, 4.69) is 15.4 Å². The van der Waals surface area contributed by atoms with Crippen LogP contribution in [-0.2, 0) is 4.79 Å². The summed E-state index contributed by atoms with van der Waals surface area (Å²) in [6, 6.07) is 12.7. The van der Waals surface area contributed by atoms with Crippen molar-refractivity contribution in [2.24, 2.45) is 0 Å². The maximum atomic E-state index is 12.5. The molecule has 0 fully saturated rings. The lowest BCUT2D eigenvalue weighted by Crippen LogP contribution is -2.27. The fourth-order valence-corrected chi connectivity index (χ4v) is 3.36. The highest BCUT2D eigenvalue weighted by Gasteiger charge is 2.16. The van der Waals surface area contributed by atoms with Crippen molar-refractivity contribution in [3.05, 3.63) is 66.2 Å². The fourth-order valence-electron chi connectivity index (χ4n) is 3.36. The molecule has 0 radical (unpaired) electrons. The number of amides is 1. The molecule has 1 unspecified atom stereocenters. The van der Waals surface area contributed by atoms with Crippen molar-refractivity contribution in [2.75, 3.05) is 13.2 Å². The number of carbonyl (C=O) groups is 2. The molecule has 1 atom stereocenters. The van der Waals surface area contributed by atoms with Gasteiger partial charge in [0, 0.05) is 24.8 Å². The van der Waals surface area contributed by atoms with E-state index in [9.17, 15) is 9.59 Å². The first-order chi connectivity index (χ1) is 15.1. The summed E-state index contributed by atoms with van der Waals surface area (Å²) in [6.45, 7) is 3.07. The SMILES string of the molecule is CC(NC(=O)CCC(=O)c1ccc2c(c1)OCCCO2)c1ccc(-n2cncn2)cc1. The number of benzene rings is 2. The molecule has 31 heavy (non-hydrogen) atoms. The standard InChI is InChI=1S/C23H24N4O4/c1-16(17-3-6-19(7-4-17)27-15-24-14-25-27)26-23(29)10-8-20(28)18-5-9-21-22(13-18)31-12-2-11-30-21/h3-7,9,13-16H,2,8,10-12H2,1H3,(H,26,29). The second-order valence-electron chi connectivity index (χ2n) is 7.36. The second kappa shape index (κ2) is 9.42. The van der Waals surface area contributed by atoms with Crippen LogP contribution in [0.15, 0.2) is 55.1 Å². The van der Waals surface area contributed by atoms with Crippen LogP contribution in [0.4, 0.5) is 0 Å². The molecule has 8 heteroatoms. The maximum absolute atomic E-state index is 12.5. The highest BCUT2D eigenvalue weighted by Crippen LogP contribution is 2.30. The van der Waals surface area contributed by atoms with Crippen molar-refractivity contribution in [1.29, 1.82) is 0 Å². The van der Waals surface area contributed by atoms with Crippen LogP contribution in [0, 0.1) is 0 Å². The topological polar surface area (TPSA) is 95.3 Å². The molecule has 3 aromatic rings. The highest BCUT2D eigenvalue weighted by atomic mass is 16.5. The van der Waals surface area contributed by atoms with Crippen molar-refractivity contribution in [2.45, 2.75) is 32.2 Å². The summed E-state index contributed by atoms with van der Waals surface area (Å²) in [7, 11) is 0. The van der Waals surface area contributed by atoms with Gasteiger partial charge < -0.3 is 14.8 Å². The van der Waals surface area contributed by atoms with Crippen LogP contribution < -0.4 is 14.8 Å². The summed E-state index contributed by atoms with van der Waals surface area (Å²) < 4.78 is 12.9.